The van der Waals surface area contributed by atoms with E-state index in [0.717, 1.165) is 22.7 Å². The number of amides is 2. The van der Waals surface area contributed by atoms with E-state index in [1.807, 2.05) is 0 Å². The number of hydrogen-bond donors (Lipinski definition) is 0. The molecule has 0 spiro atoms. The summed E-state index contributed by atoms with van der Waals surface area (Å²) in [4.78, 5) is 26.1. The molecular weight excluding hydrogens is 381 g/mol. The van der Waals surface area contributed by atoms with Gasteiger partial charge in [0, 0.05) is 5.56 Å². The summed E-state index contributed by atoms with van der Waals surface area (Å²) in [5.41, 5.74) is 0.800. The van der Waals surface area contributed by atoms with E-state index in [1.165, 1.54) is 26.4 Å². The van der Waals surface area contributed by atoms with Crippen molar-refractivity contribution in [3.05, 3.63) is 57.7 Å². The Labute approximate surface area is 158 Å². The largest absolute Gasteiger partial charge is 0.493 e. The highest BCUT2D eigenvalue weighted by Crippen LogP contribution is 2.39. The van der Waals surface area contributed by atoms with Crippen LogP contribution in [-0.2, 0) is 4.79 Å². The molecule has 5 nitrogen and oxygen atoms in total. The summed E-state index contributed by atoms with van der Waals surface area (Å²) in [6.45, 7) is 0. The molecule has 1 aliphatic heterocycles. The first-order valence-electron chi connectivity index (χ1n) is 7.40. The molecule has 0 atom stereocenters. The van der Waals surface area contributed by atoms with Gasteiger partial charge in [-0.2, -0.15) is 0 Å². The van der Waals surface area contributed by atoms with Crippen LogP contribution >= 0.6 is 23.4 Å². The molecule has 3 rings (SSSR count). The number of thioether (sulfide) groups is 1. The average Bonchev–Trinajstić information content (AvgIpc) is 2.90. The van der Waals surface area contributed by atoms with Crippen molar-refractivity contribution in [3.8, 4) is 11.5 Å². The quantitative estimate of drug-likeness (QED) is 0.702. The smallest absolute Gasteiger partial charge is 0.298 e. The second-order valence-corrected chi connectivity index (χ2v) is 6.60. The predicted octanol–water partition coefficient (Wildman–Crippen LogP) is 4.74. The first kappa shape index (κ1) is 18.3. The molecule has 1 fully saturated rings. The summed E-state index contributed by atoms with van der Waals surface area (Å²) >= 11 is 6.53. The highest BCUT2D eigenvalue weighted by molar-refractivity contribution is 8.19. The van der Waals surface area contributed by atoms with Crippen molar-refractivity contribution in [2.75, 3.05) is 19.1 Å². The monoisotopic (exact) mass is 393 g/mol. The molecule has 2 aromatic carbocycles. The summed E-state index contributed by atoms with van der Waals surface area (Å²) in [5, 5.41) is -0.661. The lowest BCUT2D eigenvalue weighted by Gasteiger charge is -2.13. The first-order valence-corrected chi connectivity index (χ1v) is 8.59. The summed E-state index contributed by atoms with van der Waals surface area (Å²) in [5.74, 6) is -0.191. The van der Waals surface area contributed by atoms with Crippen molar-refractivity contribution in [3.63, 3.8) is 0 Å². The summed E-state index contributed by atoms with van der Waals surface area (Å²) in [6.07, 6.45) is 1.55. The molecule has 0 N–H and O–H groups in total. The summed E-state index contributed by atoms with van der Waals surface area (Å²) < 4.78 is 23.9. The Morgan fingerprint density at radius 2 is 1.92 bits per heavy atom. The van der Waals surface area contributed by atoms with Crippen molar-refractivity contribution in [2.45, 2.75) is 0 Å². The van der Waals surface area contributed by atoms with E-state index >= 15 is 0 Å². The van der Waals surface area contributed by atoms with Crippen molar-refractivity contribution in [1.29, 1.82) is 0 Å². The summed E-state index contributed by atoms with van der Waals surface area (Å²) in [6, 6.07) is 8.88. The third kappa shape index (κ3) is 3.27. The minimum absolute atomic E-state index is 0.167. The SMILES string of the molecule is COc1cccc(/C=C2\SC(=O)N(c3ccc(F)c(Cl)c3)C2=O)c1OC. The average molecular weight is 394 g/mol. The Kier molecular flexibility index (Phi) is 5.20. The Morgan fingerprint density at radius 3 is 2.58 bits per heavy atom. The molecule has 1 heterocycles. The zero-order valence-electron chi connectivity index (χ0n) is 13.8. The van der Waals surface area contributed by atoms with Crippen LogP contribution in [0.15, 0.2) is 41.3 Å². The van der Waals surface area contributed by atoms with Gasteiger partial charge in [-0.1, -0.05) is 23.7 Å². The van der Waals surface area contributed by atoms with Crippen LogP contribution in [0.25, 0.3) is 6.08 Å². The lowest BCUT2D eigenvalue weighted by Crippen LogP contribution is -2.27. The number of halogens is 2. The number of benzene rings is 2. The number of methoxy groups -OCH3 is 2. The van der Waals surface area contributed by atoms with E-state index in [4.69, 9.17) is 21.1 Å². The van der Waals surface area contributed by atoms with Crippen LogP contribution in [0.2, 0.25) is 5.02 Å². The van der Waals surface area contributed by atoms with Gasteiger partial charge in [0.15, 0.2) is 11.5 Å². The van der Waals surface area contributed by atoms with Crippen LogP contribution in [0.1, 0.15) is 5.56 Å². The molecular formula is C18H13ClFNO4S. The first-order chi connectivity index (χ1) is 12.5. The Morgan fingerprint density at radius 1 is 1.15 bits per heavy atom. The molecule has 0 radical (unpaired) electrons. The van der Waals surface area contributed by atoms with E-state index in [2.05, 4.69) is 0 Å². The molecule has 8 heteroatoms. The molecule has 0 unspecified atom stereocenters. The number of nitrogens with zero attached hydrogens (tertiary/aromatic N) is 1. The van der Waals surface area contributed by atoms with E-state index < -0.39 is 17.0 Å². The van der Waals surface area contributed by atoms with Crippen LogP contribution in [0.4, 0.5) is 14.9 Å². The van der Waals surface area contributed by atoms with Gasteiger partial charge in [0.1, 0.15) is 5.82 Å². The summed E-state index contributed by atoms with van der Waals surface area (Å²) in [7, 11) is 3.00. The van der Waals surface area contributed by atoms with Crippen molar-refractivity contribution in [1.82, 2.24) is 0 Å². The lowest BCUT2D eigenvalue weighted by atomic mass is 10.1. The van der Waals surface area contributed by atoms with Crippen molar-refractivity contribution in [2.24, 2.45) is 0 Å². The standard InChI is InChI=1S/C18H13ClFNO4S/c1-24-14-5-3-4-10(16(14)25-2)8-15-17(22)21(18(23)26-15)11-6-7-13(20)12(19)9-11/h3-9H,1-2H3/b15-8-. The molecule has 0 aromatic heterocycles. The van der Waals surface area contributed by atoms with Crippen LogP contribution in [0.3, 0.4) is 0 Å². The van der Waals surface area contributed by atoms with Gasteiger partial charge in [0.2, 0.25) is 0 Å². The van der Waals surface area contributed by atoms with Gasteiger partial charge in [-0.3, -0.25) is 9.59 Å². The molecule has 26 heavy (non-hydrogen) atoms. The van der Waals surface area contributed by atoms with Gasteiger partial charge in [-0.15, -0.1) is 0 Å². The maximum atomic E-state index is 13.3. The van der Waals surface area contributed by atoms with Gasteiger partial charge in [0.25, 0.3) is 11.1 Å². The van der Waals surface area contributed by atoms with E-state index in [9.17, 15) is 14.0 Å². The minimum atomic E-state index is -0.626. The zero-order chi connectivity index (χ0) is 18.8. The molecule has 1 saturated heterocycles. The number of imide groups is 1. The second-order valence-electron chi connectivity index (χ2n) is 5.20. The zero-order valence-corrected chi connectivity index (χ0v) is 15.4. The van der Waals surface area contributed by atoms with Gasteiger partial charge >= 0.3 is 0 Å². The maximum Gasteiger partial charge on any atom is 0.298 e. The Hall–Kier alpha value is -2.51. The van der Waals surface area contributed by atoms with E-state index in [0.29, 0.717) is 17.1 Å². The van der Waals surface area contributed by atoms with Crippen molar-refractivity contribution < 1.29 is 23.5 Å². The van der Waals surface area contributed by atoms with Crippen LogP contribution in [0.5, 0.6) is 11.5 Å². The number of ether oxygens (including phenoxy) is 2. The maximum absolute atomic E-state index is 13.3. The minimum Gasteiger partial charge on any atom is -0.493 e. The number of rotatable bonds is 4. The highest BCUT2D eigenvalue weighted by atomic mass is 35.5. The Balaban J connectivity index is 1.99. The molecule has 134 valence electrons. The van der Waals surface area contributed by atoms with Crippen LogP contribution in [0, 0.1) is 5.82 Å². The van der Waals surface area contributed by atoms with Gasteiger partial charge in [-0.05, 0) is 42.1 Å². The molecule has 0 saturated carbocycles. The number of carbonyl (C=O) groups is 2. The van der Waals surface area contributed by atoms with E-state index in [1.54, 1.807) is 24.3 Å². The third-order valence-electron chi connectivity index (χ3n) is 3.68. The number of carbonyl (C=O) groups excluding carboxylic acids is 2. The van der Waals surface area contributed by atoms with Gasteiger partial charge in [-0.25, -0.2) is 9.29 Å². The topological polar surface area (TPSA) is 55.8 Å². The molecule has 2 aromatic rings. The molecule has 0 aliphatic carbocycles. The normalized spacial score (nSPS) is 15.7. The number of para-hydroxylation sites is 1. The fourth-order valence-electron chi connectivity index (χ4n) is 2.48. The van der Waals surface area contributed by atoms with Gasteiger partial charge in [0.05, 0.1) is 29.8 Å². The van der Waals surface area contributed by atoms with E-state index in [-0.39, 0.29) is 15.6 Å². The molecule has 0 bridgehead atoms. The van der Waals surface area contributed by atoms with Crippen LogP contribution in [-0.4, -0.2) is 25.4 Å². The Bertz CT molecular complexity index is 931. The second kappa shape index (κ2) is 7.39. The predicted molar refractivity (Wildman–Crippen MR) is 99.4 cm³/mol. The van der Waals surface area contributed by atoms with Gasteiger partial charge < -0.3 is 9.47 Å². The van der Waals surface area contributed by atoms with Crippen molar-refractivity contribution >= 4 is 46.3 Å². The molecule has 1 aliphatic rings. The highest BCUT2D eigenvalue weighted by Gasteiger charge is 2.36. The fraction of sp³-hybridized carbons (Fsp3) is 0.111. The molecule has 2 amide bonds. The lowest BCUT2D eigenvalue weighted by molar-refractivity contribution is -0.113. The fourth-order valence-corrected chi connectivity index (χ4v) is 3.49. The number of hydrogen-bond acceptors (Lipinski definition) is 5. The van der Waals surface area contributed by atoms with Crippen LogP contribution < -0.4 is 14.4 Å². The third-order valence-corrected chi connectivity index (χ3v) is 4.83. The number of anilines is 1.